The van der Waals surface area contributed by atoms with E-state index in [0.717, 1.165) is 24.3 Å². The SMILES string of the molecule is C=C(CCCC)C(N=C/C=C\C)=NC. The molecular formula is C12H20N2. The van der Waals surface area contributed by atoms with Gasteiger partial charge in [-0.05, 0) is 31.4 Å². The summed E-state index contributed by atoms with van der Waals surface area (Å²) in [6.45, 7) is 8.10. The first-order valence-electron chi connectivity index (χ1n) is 5.06. The van der Waals surface area contributed by atoms with Crippen molar-refractivity contribution in [3.63, 3.8) is 0 Å². The quantitative estimate of drug-likeness (QED) is 0.471. The van der Waals surface area contributed by atoms with Crippen LogP contribution >= 0.6 is 0 Å². The number of aliphatic imine (C=N–C) groups is 2. The summed E-state index contributed by atoms with van der Waals surface area (Å²) in [5, 5.41) is 0. The Balaban J connectivity index is 4.21. The molecule has 0 rings (SSSR count). The van der Waals surface area contributed by atoms with E-state index in [2.05, 4.69) is 23.5 Å². The number of hydrogen-bond donors (Lipinski definition) is 0. The number of nitrogens with zero attached hydrogens (tertiary/aromatic N) is 2. The minimum absolute atomic E-state index is 0.761. The lowest BCUT2D eigenvalue weighted by Gasteiger charge is -2.02. The van der Waals surface area contributed by atoms with Crippen molar-refractivity contribution in [3.05, 3.63) is 24.3 Å². The largest absolute Gasteiger partial charge is 0.270 e. The van der Waals surface area contributed by atoms with E-state index in [1.807, 2.05) is 19.1 Å². The average molecular weight is 192 g/mol. The molecule has 0 fully saturated rings. The van der Waals surface area contributed by atoms with E-state index in [9.17, 15) is 0 Å². The van der Waals surface area contributed by atoms with Gasteiger partial charge in [0.25, 0.3) is 0 Å². The number of rotatable bonds is 5. The maximum Gasteiger partial charge on any atom is 0.149 e. The molecule has 2 nitrogen and oxygen atoms in total. The molecule has 0 saturated heterocycles. The number of unbranched alkanes of at least 4 members (excludes halogenated alkanes) is 1. The minimum atomic E-state index is 0.761. The molecule has 0 amide bonds. The third-order valence-corrected chi connectivity index (χ3v) is 1.84. The molecule has 0 aromatic rings. The normalized spacial score (nSPS) is 12.9. The molecule has 0 bridgehead atoms. The van der Waals surface area contributed by atoms with Gasteiger partial charge in [-0.3, -0.25) is 4.99 Å². The zero-order valence-electron chi connectivity index (χ0n) is 9.45. The average Bonchev–Trinajstić information content (AvgIpc) is 2.21. The highest BCUT2D eigenvalue weighted by Gasteiger charge is 1.99. The first-order chi connectivity index (χ1) is 6.76. The Hall–Kier alpha value is -1.18. The second kappa shape index (κ2) is 8.42. The van der Waals surface area contributed by atoms with Gasteiger partial charge in [-0.1, -0.05) is 26.0 Å². The fourth-order valence-corrected chi connectivity index (χ4v) is 1.01. The number of allylic oxidation sites excluding steroid dienone is 2. The Morgan fingerprint density at radius 3 is 2.64 bits per heavy atom. The van der Waals surface area contributed by atoms with Crippen LogP contribution in [0.25, 0.3) is 0 Å². The lowest BCUT2D eigenvalue weighted by atomic mass is 10.1. The second-order valence-electron chi connectivity index (χ2n) is 3.06. The van der Waals surface area contributed by atoms with Crippen LogP contribution in [0, 0.1) is 0 Å². The van der Waals surface area contributed by atoms with E-state index in [4.69, 9.17) is 0 Å². The molecule has 0 atom stereocenters. The number of hydrogen-bond acceptors (Lipinski definition) is 1. The summed E-state index contributed by atoms with van der Waals surface area (Å²) in [6, 6.07) is 0. The summed E-state index contributed by atoms with van der Waals surface area (Å²) in [4.78, 5) is 8.32. The van der Waals surface area contributed by atoms with Crippen molar-refractivity contribution in [2.75, 3.05) is 7.05 Å². The van der Waals surface area contributed by atoms with Gasteiger partial charge in [0.05, 0.1) is 0 Å². The molecule has 14 heavy (non-hydrogen) atoms. The smallest absolute Gasteiger partial charge is 0.149 e. The van der Waals surface area contributed by atoms with Gasteiger partial charge >= 0.3 is 0 Å². The van der Waals surface area contributed by atoms with Crippen molar-refractivity contribution in [2.45, 2.75) is 33.1 Å². The first kappa shape index (κ1) is 12.8. The van der Waals surface area contributed by atoms with Gasteiger partial charge in [0.1, 0.15) is 5.84 Å². The predicted molar refractivity (Wildman–Crippen MR) is 65.3 cm³/mol. The van der Waals surface area contributed by atoms with Gasteiger partial charge in [-0.25, -0.2) is 4.99 Å². The van der Waals surface area contributed by atoms with E-state index in [1.165, 1.54) is 6.42 Å². The van der Waals surface area contributed by atoms with Gasteiger partial charge in [0.15, 0.2) is 0 Å². The van der Waals surface area contributed by atoms with Gasteiger partial charge < -0.3 is 0 Å². The summed E-state index contributed by atoms with van der Waals surface area (Å²) >= 11 is 0. The predicted octanol–water partition coefficient (Wildman–Crippen LogP) is 3.41. The molecule has 0 aliphatic carbocycles. The number of amidine groups is 1. The van der Waals surface area contributed by atoms with Gasteiger partial charge in [0, 0.05) is 13.3 Å². The fourth-order valence-electron chi connectivity index (χ4n) is 1.01. The van der Waals surface area contributed by atoms with E-state index < -0.39 is 0 Å². The molecule has 0 aromatic heterocycles. The third kappa shape index (κ3) is 5.46. The summed E-state index contributed by atoms with van der Waals surface area (Å²) in [5.74, 6) is 0.761. The highest BCUT2D eigenvalue weighted by molar-refractivity contribution is 6.03. The molecular weight excluding hydrogens is 172 g/mol. The summed E-state index contributed by atoms with van der Waals surface area (Å²) in [6.07, 6.45) is 8.88. The minimum Gasteiger partial charge on any atom is -0.270 e. The Morgan fingerprint density at radius 2 is 2.14 bits per heavy atom. The Morgan fingerprint density at radius 1 is 1.43 bits per heavy atom. The van der Waals surface area contributed by atoms with Crippen LogP contribution in [0.5, 0.6) is 0 Å². The molecule has 0 unspecified atom stereocenters. The molecule has 0 aromatic carbocycles. The Kier molecular flexibility index (Phi) is 7.71. The van der Waals surface area contributed by atoms with Gasteiger partial charge in [-0.2, -0.15) is 0 Å². The van der Waals surface area contributed by atoms with Crippen LogP contribution in [-0.4, -0.2) is 19.1 Å². The van der Waals surface area contributed by atoms with Crippen molar-refractivity contribution < 1.29 is 0 Å². The van der Waals surface area contributed by atoms with Crippen molar-refractivity contribution in [2.24, 2.45) is 9.98 Å². The maximum atomic E-state index is 4.22. The fraction of sp³-hybridized carbons (Fsp3) is 0.500. The molecule has 0 saturated carbocycles. The molecule has 2 heteroatoms. The molecule has 0 aliphatic heterocycles. The highest BCUT2D eigenvalue weighted by Crippen LogP contribution is 2.07. The lowest BCUT2D eigenvalue weighted by molar-refractivity contribution is 0.803. The van der Waals surface area contributed by atoms with Crippen molar-refractivity contribution in [1.29, 1.82) is 0 Å². The van der Waals surface area contributed by atoms with E-state index in [1.54, 1.807) is 13.3 Å². The first-order valence-corrected chi connectivity index (χ1v) is 5.06. The highest BCUT2D eigenvalue weighted by atomic mass is 14.9. The standard InChI is InChI=1S/C12H20N2/c1-5-7-9-11(3)12(13-4)14-10-8-6-2/h6,8,10H,3,5,7,9H2,1-2,4H3/b8-6-,13-12?,14-10?. The zero-order chi connectivity index (χ0) is 10.8. The van der Waals surface area contributed by atoms with E-state index in [-0.39, 0.29) is 0 Å². The van der Waals surface area contributed by atoms with Crippen LogP contribution in [0.1, 0.15) is 33.1 Å². The van der Waals surface area contributed by atoms with E-state index in [0.29, 0.717) is 0 Å². The zero-order valence-corrected chi connectivity index (χ0v) is 9.45. The Labute approximate surface area is 87.2 Å². The molecule has 0 aliphatic rings. The monoisotopic (exact) mass is 192 g/mol. The van der Waals surface area contributed by atoms with Crippen LogP contribution in [0.2, 0.25) is 0 Å². The van der Waals surface area contributed by atoms with Crippen LogP contribution in [0.15, 0.2) is 34.3 Å². The van der Waals surface area contributed by atoms with Crippen LogP contribution in [0.4, 0.5) is 0 Å². The van der Waals surface area contributed by atoms with Crippen molar-refractivity contribution in [3.8, 4) is 0 Å². The lowest BCUT2D eigenvalue weighted by Crippen LogP contribution is -1.98. The van der Waals surface area contributed by atoms with Crippen molar-refractivity contribution in [1.82, 2.24) is 0 Å². The second-order valence-corrected chi connectivity index (χ2v) is 3.06. The molecule has 0 spiro atoms. The van der Waals surface area contributed by atoms with Gasteiger partial charge in [-0.15, -0.1) is 0 Å². The van der Waals surface area contributed by atoms with E-state index >= 15 is 0 Å². The summed E-state index contributed by atoms with van der Waals surface area (Å²) < 4.78 is 0. The summed E-state index contributed by atoms with van der Waals surface area (Å²) in [5.41, 5.74) is 1.02. The molecule has 0 N–H and O–H groups in total. The van der Waals surface area contributed by atoms with Crippen LogP contribution in [0.3, 0.4) is 0 Å². The molecule has 78 valence electrons. The molecule has 0 heterocycles. The Bertz CT molecular complexity index is 247. The van der Waals surface area contributed by atoms with Crippen molar-refractivity contribution >= 4 is 12.1 Å². The topological polar surface area (TPSA) is 24.7 Å². The third-order valence-electron chi connectivity index (χ3n) is 1.84. The summed E-state index contributed by atoms with van der Waals surface area (Å²) in [7, 11) is 1.75. The maximum absolute atomic E-state index is 4.22. The van der Waals surface area contributed by atoms with Gasteiger partial charge in [0.2, 0.25) is 0 Å². The van der Waals surface area contributed by atoms with Crippen LogP contribution < -0.4 is 0 Å². The molecule has 0 radical (unpaired) electrons. The van der Waals surface area contributed by atoms with Crippen LogP contribution in [-0.2, 0) is 0 Å².